The standard InChI is InChI=1S/C30H37N5O4/c1-30(2,3)39-29(36)33-18-10-15-25(22-33)19-32-26-16-17-31-28(27(26)35(37)38)34(20-23-11-6-4-7-12-23)21-24-13-8-5-9-14-24/h4-9,11-14,16-17,25H,10,15,18-22H2,1-3H3,(H,31,32). The van der Waals surface area contributed by atoms with Crippen molar-refractivity contribution in [1.82, 2.24) is 9.88 Å². The van der Waals surface area contributed by atoms with Crippen molar-refractivity contribution in [2.75, 3.05) is 29.9 Å². The fourth-order valence-corrected chi connectivity index (χ4v) is 4.79. The first-order chi connectivity index (χ1) is 18.7. The number of ether oxygens (including phenoxy) is 1. The molecule has 2 heterocycles. The minimum atomic E-state index is -0.554. The van der Waals surface area contributed by atoms with Gasteiger partial charge < -0.3 is 19.9 Å². The molecule has 1 fully saturated rings. The SMILES string of the molecule is CC(C)(C)OC(=O)N1CCCC(CNc2ccnc(N(Cc3ccccc3)Cc3ccccc3)c2[N+](=O)[O-])C1. The monoisotopic (exact) mass is 531 g/mol. The number of benzene rings is 2. The Morgan fingerprint density at radius 1 is 1.08 bits per heavy atom. The van der Waals surface area contributed by atoms with E-state index in [9.17, 15) is 14.9 Å². The van der Waals surface area contributed by atoms with E-state index in [-0.39, 0.29) is 22.6 Å². The Morgan fingerprint density at radius 2 is 1.69 bits per heavy atom. The molecule has 4 rings (SSSR count). The second-order valence-electron chi connectivity index (χ2n) is 10.9. The minimum Gasteiger partial charge on any atom is -0.444 e. The molecule has 9 heteroatoms. The molecule has 1 atom stereocenters. The number of amides is 1. The number of carbonyl (C=O) groups is 1. The molecule has 1 unspecified atom stereocenters. The Labute approximate surface area is 230 Å². The van der Waals surface area contributed by atoms with E-state index < -0.39 is 5.60 Å². The molecule has 206 valence electrons. The predicted molar refractivity (Wildman–Crippen MR) is 153 cm³/mol. The van der Waals surface area contributed by atoms with Gasteiger partial charge in [-0.25, -0.2) is 9.78 Å². The van der Waals surface area contributed by atoms with Crippen LogP contribution in [0.15, 0.2) is 72.9 Å². The van der Waals surface area contributed by atoms with Crippen LogP contribution in [-0.2, 0) is 17.8 Å². The number of aromatic nitrogens is 1. The summed E-state index contributed by atoms with van der Waals surface area (Å²) in [5.74, 6) is 0.462. The van der Waals surface area contributed by atoms with Gasteiger partial charge in [0.05, 0.1) is 4.92 Å². The summed E-state index contributed by atoms with van der Waals surface area (Å²) in [6, 6.07) is 21.4. The highest BCUT2D eigenvalue weighted by molar-refractivity contribution is 5.74. The largest absolute Gasteiger partial charge is 0.444 e. The number of nitrogens with one attached hydrogen (secondary N) is 1. The second kappa shape index (κ2) is 12.6. The van der Waals surface area contributed by atoms with Crippen molar-refractivity contribution in [1.29, 1.82) is 0 Å². The molecule has 0 spiro atoms. The maximum Gasteiger partial charge on any atom is 0.410 e. The van der Waals surface area contributed by atoms with E-state index in [0.717, 1.165) is 24.0 Å². The lowest BCUT2D eigenvalue weighted by Gasteiger charge is -2.34. The molecule has 1 aliphatic rings. The van der Waals surface area contributed by atoms with Crippen molar-refractivity contribution >= 4 is 23.3 Å². The van der Waals surface area contributed by atoms with Gasteiger partial charge >= 0.3 is 11.8 Å². The molecular formula is C30H37N5O4. The summed E-state index contributed by atoms with van der Waals surface area (Å²) in [5.41, 5.74) is 1.89. The first-order valence-corrected chi connectivity index (χ1v) is 13.4. The summed E-state index contributed by atoms with van der Waals surface area (Å²) in [7, 11) is 0. The normalized spacial score (nSPS) is 15.5. The molecule has 1 N–H and O–H groups in total. The van der Waals surface area contributed by atoms with E-state index in [1.54, 1.807) is 17.2 Å². The number of rotatable bonds is 9. The Kier molecular flexibility index (Phi) is 9.01. The minimum absolute atomic E-state index is 0.0517. The van der Waals surface area contributed by atoms with E-state index in [1.165, 1.54) is 0 Å². The average molecular weight is 532 g/mol. The number of pyridine rings is 1. The molecule has 1 amide bonds. The van der Waals surface area contributed by atoms with Crippen molar-refractivity contribution in [3.05, 3.63) is 94.2 Å². The highest BCUT2D eigenvalue weighted by Crippen LogP contribution is 2.35. The molecule has 1 saturated heterocycles. The van der Waals surface area contributed by atoms with Gasteiger partial charge in [0, 0.05) is 38.9 Å². The number of nitrogens with zero attached hydrogens (tertiary/aromatic N) is 4. The van der Waals surface area contributed by atoms with Gasteiger partial charge in [-0.3, -0.25) is 10.1 Å². The lowest BCUT2D eigenvalue weighted by molar-refractivity contribution is -0.383. The van der Waals surface area contributed by atoms with Crippen LogP contribution >= 0.6 is 0 Å². The fourth-order valence-electron chi connectivity index (χ4n) is 4.79. The van der Waals surface area contributed by atoms with Crippen LogP contribution in [0.5, 0.6) is 0 Å². The summed E-state index contributed by atoms with van der Waals surface area (Å²) in [6.07, 6.45) is 3.08. The number of piperidine rings is 1. The molecule has 39 heavy (non-hydrogen) atoms. The van der Waals surface area contributed by atoms with Crippen LogP contribution in [0.1, 0.15) is 44.7 Å². The summed E-state index contributed by atoms with van der Waals surface area (Å²) in [6.45, 7) is 8.20. The highest BCUT2D eigenvalue weighted by atomic mass is 16.6. The zero-order valence-electron chi connectivity index (χ0n) is 22.9. The maximum atomic E-state index is 12.6. The van der Waals surface area contributed by atoms with Gasteiger partial charge in [0.1, 0.15) is 11.3 Å². The van der Waals surface area contributed by atoms with Gasteiger partial charge in [-0.15, -0.1) is 0 Å². The van der Waals surface area contributed by atoms with Crippen molar-refractivity contribution in [3.8, 4) is 0 Å². The third-order valence-electron chi connectivity index (χ3n) is 6.57. The number of hydrogen-bond acceptors (Lipinski definition) is 7. The number of carbonyl (C=O) groups excluding carboxylic acids is 1. The van der Waals surface area contributed by atoms with Crippen LogP contribution in [0.3, 0.4) is 0 Å². The van der Waals surface area contributed by atoms with E-state index in [2.05, 4.69) is 10.3 Å². The van der Waals surface area contributed by atoms with E-state index in [0.29, 0.717) is 44.2 Å². The van der Waals surface area contributed by atoms with E-state index in [4.69, 9.17) is 4.74 Å². The molecule has 0 saturated carbocycles. The van der Waals surface area contributed by atoms with Crippen LogP contribution in [0, 0.1) is 16.0 Å². The number of anilines is 2. The molecule has 9 nitrogen and oxygen atoms in total. The second-order valence-corrected chi connectivity index (χ2v) is 10.9. The van der Waals surface area contributed by atoms with Crippen molar-refractivity contribution < 1.29 is 14.5 Å². The van der Waals surface area contributed by atoms with Crippen LogP contribution in [0.2, 0.25) is 0 Å². The van der Waals surface area contributed by atoms with Crippen molar-refractivity contribution in [2.24, 2.45) is 5.92 Å². The summed E-state index contributed by atoms with van der Waals surface area (Å²) < 4.78 is 5.54. The Hall–Kier alpha value is -4.14. The van der Waals surface area contributed by atoms with Crippen LogP contribution in [-0.4, -0.2) is 46.1 Å². The highest BCUT2D eigenvalue weighted by Gasteiger charge is 2.30. The molecule has 0 radical (unpaired) electrons. The Morgan fingerprint density at radius 3 is 2.26 bits per heavy atom. The molecule has 3 aromatic rings. The first kappa shape index (κ1) is 27.9. The first-order valence-electron chi connectivity index (χ1n) is 13.4. The van der Waals surface area contributed by atoms with Crippen LogP contribution in [0.4, 0.5) is 22.0 Å². The lowest BCUT2D eigenvalue weighted by atomic mass is 9.98. The summed E-state index contributed by atoms with van der Waals surface area (Å²) in [5, 5.41) is 15.7. The van der Waals surface area contributed by atoms with Crippen LogP contribution in [0.25, 0.3) is 0 Å². The molecule has 0 aliphatic carbocycles. The molecular weight excluding hydrogens is 494 g/mol. The predicted octanol–water partition coefficient (Wildman–Crippen LogP) is 6.26. The maximum absolute atomic E-state index is 12.6. The zero-order chi connectivity index (χ0) is 27.8. The topological polar surface area (TPSA) is 101 Å². The van der Waals surface area contributed by atoms with Gasteiger partial charge in [0.2, 0.25) is 5.82 Å². The van der Waals surface area contributed by atoms with Gasteiger partial charge in [-0.1, -0.05) is 60.7 Å². The number of likely N-dealkylation sites (tertiary alicyclic amines) is 1. The van der Waals surface area contributed by atoms with Gasteiger partial charge in [-0.2, -0.15) is 0 Å². The quantitative estimate of drug-likeness (QED) is 0.257. The Balaban J connectivity index is 1.54. The molecule has 2 aromatic carbocycles. The molecule has 1 aromatic heterocycles. The van der Waals surface area contributed by atoms with E-state index in [1.807, 2.05) is 86.3 Å². The summed E-state index contributed by atoms with van der Waals surface area (Å²) in [4.78, 5) is 32.8. The number of nitro groups is 1. The summed E-state index contributed by atoms with van der Waals surface area (Å²) >= 11 is 0. The van der Waals surface area contributed by atoms with Crippen molar-refractivity contribution in [3.63, 3.8) is 0 Å². The number of hydrogen-bond donors (Lipinski definition) is 1. The smallest absolute Gasteiger partial charge is 0.410 e. The lowest BCUT2D eigenvalue weighted by Crippen LogP contribution is -2.44. The molecule has 0 bridgehead atoms. The third-order valence-corrected chi connectivity index (χ3v) is 6.57. The fraction of sp³-hybridized carbons (Fsp3) is 0.400. The third kappa shape index (κ3) is 7.92. The van der Waals surface area contributed by atoms with Gasteiger partial charge in [0.15, 0.2) is 0 Å². The van der Waals surface area contributed by atoms with Crippen molar-refractivity contribution in [2.45, 2.75) is 52.3 Å². The molecule has 1 aliphatic heterocycles. The Bertz CT molecular complexity index is 1210. The average Bonchev–Trinajstić information content (AvgIpc) is 2.91. The zero-order valence-corrected chi connectivity index (χ0v) is 22.9. The van der Waals surface area contributed by atoms with E-state index >= 15 is 0 Å². The van der Waals surface area contributed by atoms with Gasteiger partial charge in [0.25, 0.3) is 0 Å². The van der Waals surface area contributed by atoms with Crippen LogP contribution < -0.4 is 10.2 Å². The van der Waals surface area contributed by atoms with Gasteiger partial charge in [-0.05, 0) is 56.7 Å².